The van der Waals surface area contributed by atoms with Gasteiger partial charge in [-0.1, -0.05) is 67.6 Å². The molecule has 0 aliphatic rings. The molecule has 0 saturated carbocycles. The van der Waals surface area contributed by atoms with Gasteiger partial charge < -0.3 is 9.84 Å². The van der Waals surface area contributed by atoms with E-state index in [2.05, 4.69) is 0 Å². The Morgan fingerprint density at radius 2 is 1.61 bits per heavy atom. The lowest BCUT2D eigenvalue weighted by molar-refractivity contribution is 0.0595. The van der Waals surface area contributed by atoms with Crippen LogP contribution < -0.4 is 0 Å². The topological polar surface area (TPSA) is 49.8 Å². The third kappa shape index (κ3) is 5.11. The van der Waals surface area contributed by atoms with Gasteiger partial charge in [-0.25, -0.2) is 4.79 Å². The Kier molecular flexibility index (Phi) is 6.63. The van der Waals surface area contributed by atoms with Gasteiger partial charge in [0.25, 0.3) is 0 Å². The van der Waals surface area contributed by atoms with E-state index in [9.17, 15) is 9.90 Å². The highest BCUT2D eigenvalue weighted by atomic mass is 16.6. The molecule has 0 radical (unpaired) electrons. The van der Waals surface area contributed by atoms with Crippen LogP contribution in [0.2, 0.25) is 0 Å². The van der Waals surface area contributed by atoms with Crippen molar-refractivity contribution >= 4 is 6.09 Å². The predicted molar refractivity (Wildman–Crippen MR) is 89.8 cm³/mol. The third-order valence-corrected chi connectivity index (χ3v) is 3.76. The Bertz CT molecular complexity index is 582. The normalized spacial score (nSPS) is 11.7. The first-order valence-corrected chi connectivity index (χ1v) is 7.86. The average molecular weight is 313 g/mol. The van der Waals surface area contributed by atoms with E-state index >= 15 is 0 Å². The summed E-state index contributed by atoms with van der Waals surface area (Å²) in [6.45, 7) is 2.52. The van der Waals surface area contributed by atoms with Gasteiger partial charge in [0.05, 0.1) is 12.6 Å². The summed E-state index contributed by atoms with van der Waals surface area (Å²) in [6.07, 6.45) is 0.266. The number of nitrogens with zero attached hydrogens (tertiary/aromatic N) is 1. The Balaban J connectivity index is 2.04. The third-order valence-electron chi connectivity index (χ3n) is 3.76. The summed E-state index contributed by atoms with van der Waals surface area (Å²) in [7, 11) is 0. The minimum atomic E-state index is -0.404. The maximum Gasteiger partial charge on any atom is 0.410 e. The molecule has 0 bridgehead atoms. The van der Waals surface area contributed by atoms with E-state index in [1.165, 1.54) is 0 Å². The van der Waals surface area contributed by atoms with Crippen LogP contribution in [-0.4, -0.2) is 28.7 Å². The highest BCUT2D eigenvalue weighted by molar-refractivity contribution is 5.68. The SMILES string of the molecule is CC[C@@H](CO)N(Cc1ccccc1)C(=O)OCc1ccccc1. The number of ether oxygens (including phenoxy) is 1. The van der Waals surface area contributed by atoms with Crippen molar-refractivity contribution in [1.82, 2.24) is 4.90 Å². The van der Waals surface area contributed by atoms with Crippen LogP contribution in [0.1, 0.15) is 24.5 Å². The number of carbonyl (C=O) groups is 1. The zero-order chi connectivity index (χ0) is 16.5. The smallest absolute Gasteiger partial charge is 0.410 e. The zero-order valence-electron chi connectivity index (χ0n) is 13.4. The van der Waals surface area contributed by atoms with Gasteiger partial charge in [0.15, 0.2) is 0 Å². The molecule has 2 aromatic rings. The molecule has 1 N–H and O–H groups in total. The highest BCUT2D eigenvalue weighted by Crippen LogP contribution is 2.13. The van der Waals surface area contributed by atoms with E-state index in [4.69, 9.17) is 4.74 Å². The molecule has 0 saturated heterocycles. The van der Waals surface area contributed by atoms with Gasteiger partial charge in [-0.15, -0.1) is 0 Å². The summed E-state index contributed by atoms with van der Waals surface area (Å²) in [5, 5.41) is 9.56. The van der Waals surface area contributed by atoms with E-state index < -0.39 is 6.09 Å². The summed E-state index contributed by atoms with van der Waals surface area (Å²) in [6, 6.07) is 19.0. The molecular weight excluding hydrogens is 290 g/mol. The number of rotatable bonds is 7. The van der Waals surface area contributed by atoms with Crippen LogP contribution in [0.3, 0.4) is 0 Å². The van der Waals surface area contributed by atoms with Crippen LogP contribution in [0.15, 0.2) is 60.7 Å². The summed E-state index contributed by atoms with van der Waals surface area (Å²) in [4.78, 5) is 14.1. The molecule has 2 rings (SSSR count). The number of amides is 1. The molecule has 1 atom stereocenters. The molecule has 0 aliphatic heterocycles. The Labute approximate surface area is 137 Å². The fraction of sp³-hybridized carbons (Fsp3) is 0.316. The molecule has 122 valence electrons. The maximum atomic E-state index is 12.5. The van der Waals surface area contributed by atoms with Crippen molar-refractivity contribution in [2.75, 3.05) is 6.61 Å². The lowest BCUT2D eigenvalue weighted by Gasteiger charge is -2.29. The fourth-order valence-electron chi connectivity index (χ4n) is 2.37. The minimum absolute atomic E-state index is 0.0796. The molecule has 0 heterocycles. The standard InChI is InChI=1S/C19H23NO3/c1-2-18(14-21)20(13-16-9-5-3-6-10-16)19(22)23-15-17-11-7-4-8-12-17/h3-12,18,21H,2,13-15H2,1H3/t18-/m0/s1. The first kappa shape index (κ1) is 17.0. The maximum absolute atomic E-state index is 12.5. The number of benzene rings is 2. The second-order valence-corrected chi connectivity index (χ2v) is 5.40. The Morgan fingerprint density at radius 1 is 1.04 bits per heavy atom. The number of carbonyl (C=O) groups excluding carboxylic acids is 1. The second-order valence-electron chi connectivity index (χ2n) is 5.40. The van der Waals surface area contributed by atoms with Gasteiger partial charge in [0, 0.05) is 6.54 Å². The van der Waals surface area contributed by atoms with Crippen LogP contribution >= 0.6 is 0 Å². The van der Waals surface area contributed by atoms with Crippen molar-refractivity contribution in [3.05, 3.63) is 71.8 Å². The molecule has 4 nitrogen and oxygen atoms in total. The van der Waals surface area contributed by atoms with Crippen LogP contribution in [0, 0.1) is 0 Å². The van der Waals surface area contributed by atoms with Gasteiger partial charge in [-0.2, -0.15) is 0 Å². The molecule has 0 unspecified atom stereocenters. The number of hydrogen-bond donors (Lipinski definition) is 1. The first-order valence-electron chi connectivity index (χ1n) is 7.86. The zero-order valence-corrected chi connectivity index (χ0v) is 13.4. The van der Waals surface area contributed by atoms with Crippen molar-refractivity contribution < 1.29 is 14.6 Å². The lowest BCUT2D eigenvalue weighted by atomic mass is 10.1. The van der Waals surface area contributed by atoms with Crippen LogP contribution in [0.4, 0.5) is 4.79 Å². The molecule has 0 aromatic heterocycles. The lowest BCUT2D eigenvalue weighted by Crippen LogP contribution is -2.41. The van der Waals surface area contributed by atoms with E-state index in [0.29, 0.717) is 13.0 Å². The molecule has 23 heavy (non-hydrogen) atoms. The summed E-state index contributed by atoms with van der Waals surface area (Å²) >= 11 is 0. The van der Waals surface area contributed by atoms with Crippen molar-refractivity contribution in [2.24, 2.45) is 0 Å². The van der Waals surface area contributed by atoms with Crippen molar-refractivity contribution in [1.29, 1.82) is 0 Å². The van der Waals surface area contributed by atoms with E-state index in [1.54, 1.807) is 4.90 Å². The Hall–Kier alpha value is -2.33. The highest BCUT2D eigenvalue weighted by Gasteiger charge is 2.23. The van der Waals surface area contributed by atoms with E-state index in [-0.39, 0.29) is 19.3 Å². The summed E-state index contributed by atoms with van der Waals surface area (Å²) < 4.78 is 5.42. The largest absolute Gasteiger partial charge is 0.445 e. The van der Waals surface area contributed by atoms with Gasteiger partial charge in [0.1, 0.15) is 6.61 Å². The van der Waals surface area contributed by atoms with Gasteiger partial charge in [-0.05, 0) is 17.5 Å². The molecule has 1 amide bonds. The van der Waals surface area contributed by atoms with Gasteiger partial charge in [0.2, 0.25) is 0 Å². The molecule has 0 aliphatic carbocycles. The minimum Gasteiger partial charge on any atom is -0.445 e. The van der Waals surface area contributed by atoms with Gasteiger partial charge >= 0.3 is 6.09 Å². The molecule has 4 heteroatoms. The van der Waals surface area contributed by atoms with Crippen molar-refractivity contribution in [3.63, 3.8) is 0 Å². The Morgan fingerprint density at radius 3 is 2.13 bits per heavy atom. The number of aliphatic hydroxyl groups is 1. The monoisotopic (exact) mass is 313 g/mol. The number of hydrogen-bond acceptors (Lipinski definition) is 3. The molecule has 0 spiro atoms. The quantitative estimate of drug-likeness (QED) is 0.849. The first-order chi connectivity index (χ1) is 11.2. The van der Waals surface area contributed by atoms with Crippen molar-refractivity contribution in [3.8, 4) is 0 Å². The molecule has 2 aromatic carbocycles. The molecule has 0 fully saturated rings. The van der Waals surface area contributed by atoms with Crippen LogP contribution in [0.5, 0.6) is 0 Å². The summed E-state index contributed by atoms with van der Waals surface area (Å²) in [5.41, 5.74) is 1.95. The predicted octanol–water partition coefficient (Wildman–Crippen LogP) is 3.60. The number of aliphatic hydroxyl groups excluding tert-OH is 1. The van der Waals surface area contributed by atoms with Crippen molar-refractivity contribution in [2.45, 2.75) is 32.5 Å². The van der Waals surface area contributed by atoms with Gasteiger partial charge in [-0.3, -0.25) is 4.90 Å². The van der Waals surface area contributed by atoms with Crippen LogP contribution in [-0.2, 0) is 17.9 Å². The van der Waals surface area contributed by atoms with Crippen LogP contribution in [0.25, 0.3) is 0 Å². The average Bonchev–Trinajstić information content (AvgIpc) is 2.61. The molecular formula is C19H23NO3. The summed E-state index contributed by atoms with van der Waals surface area (Å²) in [5.74, 6) is 0. The van der Waals surface area contributed by atoms with E-state index in [0.717, 1.165) is 11.1 Å². The second kappa shape index (κ2) is 8.96. The fourth-order valence-corrected chi connectivity index (χ4v) is 2.37. The van der Waals surface area contributed by atoms with E-state index in [1.807, 2.05) is 67.6 Å².